The summed E-state index contributed by atoms with van der Waals surface area (Å²) in [4.78, 5) is 0. The fourth-order valence-corrected chi connectivity index (χ4v) is 2.38. The largest absolute Gasteiger partial charge is 0.122 e. The van der Waals surface area contributed by atoms with Crippen LogP contribution in [0.1, 0.15) is 27.0 Å². The Kier molecular flexibility index (Phi) is 0.849. The Bertz CT molecular complexity index is 126. The standard InChI is InChI=1S/C7H11Cl/c8-7-5-1-2-6(7)4-3-5/h5-7H,1-4H2/i1D/t1-,5?,6?,7?/m0/s1. The van der Waals surface area contributed by atoms with Gasteiger partial charge in [0, 0.05) is 6.75 Å². The summed E-state index contributed by atoms with van der Waals surface area (Å²) in [7, 11) is 0. The lowest BCUT2D eigenvalue weighted by Crippen LogP contribution is -2.02. The zero-order valence-electron chi connectivity index (χ0n) is 5.81. The molecule has 0 heterocycles. The fourth-order valence-electron chi connectivity index (χ4n) is 1.92. The maximum absolute atomic E-state index is 7.57. The molecule has 2 saturated carbocycles. The molecule has 2 bridgehead atoms. The molecule has 4 atom stereocenters. The summed E-state index contributed by atoms with van der Waals surface area (Å²) < 4.78 is 7.57. The number of halogens is 1. The molecular weight excluding hydrogens is 120 g/mol. The van der Waals surface area contributed by atoms with E-state index in [1.807, 2.05) is 0 Å². The van der Waals surface area contributed by atoms with E-state index in [4.69, 9.17) is 13.0 Å². The van der Waals surface area contributed by atoms with Crippen molar-refractivity contribution in [1.29, 1.82) is 0 Å². The zero-order chi connectivity index (χ0) is 6.43. The van der Waals surface area contributed by atoms with E-state index in [0.717, 1.165) is 6.42 Å². The molecule has 0 amide bonds. The van der Waals surface area contributed by atoms with Crippen LogP contribution in [0.3, 0.4) is 0 Å². The van der Waals surface area contributed by atoms with Crippen LogP contribution in [0.5, 0.6) is 0 Å². The molecule has 2 fully saturated rings. The van der Waals surface area contributed by atoms with E-state index in [1.165, 1.54) is 12.8 Å². The molecule has 8 heavy (non-hydrogen) atoms. The summed E-state index contributed by atoms with van der Waals surface area (Å²) in [6.45, 7) is 0. The molecule has 46 valence electrons. The van der Waals surface area contributed by atoms with E-state index in [-0.39, 0.29) is 6.40 Å². The normalized spacial score (nSPS) is 63.9. The lowest BCUT2D eigenvalue weighted by molar-refractivity contribution is 0.480. The maximum Gasteiger partial charge on any atom is 0.0392 e. The van der Waals surface area contributed by atoms with Gasteiger partial charge in [-0.15, -0.1) is 11.6 Å². The molecule has 0 saturated heterocycles. The smallest absolute Gasteiger partial charge is 0.0392 e. The third-order valence-corrected chi connectivity index (χ3v) is 3.15. The fraction of sp³-hybridized carbons (Fsp3) is 1.00. The summed E-state index contributed by atoms with van der Waals surface area (Å²) >= 11 is 6.05. The molecule has 0 spiro atoms. The van der Waals surface area contributed by atoms with Gasteiger partial charge in [0.1, 0.15) is 0 Å². The molecule has 0 N–H and O–H groups in total. The molecule has 2 aliphatic rings. The van der Waals surface area contributed by atoms with Gasteiger partial charge in [0.05, 0.1) is 0 Å². The van der Waals surface area contributed by atoms with Crippen molar-refractivity contribution in [2.24, 2.45) is 11.8 Å². The average molecular weight is 132 g/mol. The Morgan fingerprint density at radius 3 is 2.25 bits per heavy atom. The van der Waals surface area contributed by atoms with Crippen LogP contribution in [0.4, 0.5) is 0 Å². The van der Waals surface area contributed by atoms with Crippen LogP contribution in [0.25, 0.3) is 0 Å². The van der Waals surface area contributed by atoms with Crippen LogP contribution >= 0.6 is 11.6 Å². The van der Waals surface area contributed by atoms with Crippen LogP contribution in [0, 0.1) is 11.8 Å². The first-order chi connectivity index (χ1) is 4.29. The van der Waals surface area contributed by atoms with E-state index in [1.54, 1.807) is 0 Å². The van der Waals surface area contributed by atoms with Crippen LogP contribution < -0.4 is 0 Å². The molecule has 2 rings (SSSR count). The molecule has 0 radical (unpaired) electrons. The van der Waals surface area contributed by atoms with Gasteiger partial charge in [-0.05, 0) is 37.5 Å². The molecule has 2 aliphatic carbocycles. The van der Waals surface area contributed by atoms with Crippen molar-refractivity contribution in [2.45, 2.75) is 31.0 Å². The van der Waals surface area contributed by atoms with Crippen molar-refractivity contribution in [2.75, 3.05) is 0 Å². The minimum Gasteiger partial charge on any atom is -0.122 e. The van der Waals surface area contributed by atoms with Gasteiger partial charge in [0.25, 0.3) is 0 Å². The highest BCUT2D eigenvalue weighted by atomic mass is 35.5. The number of alkyl halides is 1. The van der Waals surface area contributed by atoms with Crippen molar-refractivity contribution in [3.05, 3.63) is 0 Å². The minimum absolute atomic E-state index is 0.172. The van der Waals surface area contributed by atoms with Gasteiger partial charge in [0.15, 0.2) is 0 Å². The Balaban J connectivity index is 2.16. The number of hydrogen-bond donors (Lipinski definition) is 0. The second kappa shape index (κ2) is 1.63. The SMILES string of the molecule is [2H][C@H]1CC2CCC1C2Cl. The summed E-state index contributed by atoms with van der Waals surface area (Å²) in [5, 5.41) is 0.354. The second-order valence-electron chi connectivity index (χ2n) is 2.92. The molecule has 1 heteroatoms. The Labute approximate surface area is 56.6 Å². The summed E-state index contributed by atoms with van der Waals surface area (Å²) in [5.74, 6) is 1.23. The summed E-state index contributed by atoms with van der Waals surface area (Å²) in [6, 6.07) is 0. The molecule has 0 aliphatic heterocycles. The number of hydrogen-bond acceptors (Lipinski definition) is 0. The Hall–Kier alpha value is 0.290. The zero-order valence-corrected chi connectivity index (χ0v) is 5.56. The van der Waals surface area contributed by atoms with Crippen molar-refractivity contribution < 1.29 is 1.37 Å². The highest BCUT2D eigenvalue weighted by Crippen LogP contribution is 2.47. The van der Waals surface area contributed by atoms with Gasteiger partial charge in [-0.1, -0.05) is 0 Å². The highest BCUT2D eigenvalue weighted by Gasteiger charge is 2.39. The molecular formula is C7H11Cl. The quantitative estimate of drug-likeness (QED) is 0.443. The van der Waals surface area contributed by atoms with Crippen LogP contribution in [0.2, 0.25) is 0 Å². The lowest BCUT2D eigenvalue weighted by Gasteiger charge is -2.04. The van der Waals surface area contributed by atoms with Crippen LogP contribution in [0.15, 0.2) is 0 Å². The Morgan fingerprint density at radius 1 is 1.25 bits per heavy atom. The van der Waals surface area contributed by atoms with Gasteiger partial charge in [-0.2, -0.15) is 0 Å². The summed E-state index contributed by atoms with van der Waals surface area (Å²) in [6.07, 6.45) is 3.74. The molecule has 0 aromatic carbocycles. The first-order valence-electron chi connectivity index (χ1n) is 3.93. The molecule has 0 nitrogen and oxygen atoms in total. The number of rotatable bonds is 0. The minimum atomic E-state index is 0.172. The Morgan fingerprint density at radius 2 is 2.00 bits per heavy atom. The predicted molar refractivity (Wildman–Crippen MR) is 35.1 cm³/mol. The van der Waals surface area contributed by atoms with Crippen molar-refractivity contribution in [1.82, 2.24) is 0 Å². The first-order valence-corrected chi connectivity index (χ1v) is 3.79. The third-order valence-electron chi connectivity index (χ3n) is 2.47. The van der Waals surface area contributed by atoms with Crippen molar-refractivity contribution in [3.8, 4) is 0 Å². The van der Waals surface area contributed by atoms with Crippen LogP contribution in [-0.2, 0) is 0 Å². The maximum atomic E-state index is 7.57. The van der Waals surface area contributed by atoms with Gasteiger partial charge in [0.2, 0.25) is 0 Å². The van der Waals surface area contributed by atoms with Crippen LogP contribution in [-0.4, -0.2) is 5.38 Å². The van der Waals surface area contributed by atoms with Crippen molar-refractivity contribution >= 4 is 11.6 Å². The molecule has 3 unspecified atom stereocenters. The van der Waals surface area contributed by atoms with Gasteiger partial charge in [-0.3, -0.25) is 0 Å². The van der Waals surface area contributed by atoms with E-state index < -0.39 is 0 Å². The predicted octanol–water partition coefficient (Wildman–Crippen LogP) is 2.41. The van der Waals surface area contributed by atoms with Gasteiger partial charge < -0.3 is 0 Å². The topological polar surface area (TPSA) is 0 Å². The second-order valence-corrected chi connectivity index (χ2v) is 3.42. The number of fused-ring (bicyclic) bond motifs is 2. The van der Waals surface area contributed by atoms with E-state index >= 15 is 0 Å². The van der Waals surface area contributed by atoms with E-state index in [9.17, 15) is 0 Å². The molecule has 0 aromatic heterocycles. The summed E-state index contributed by atoms with van der Waals surface area (Å²) in [5.41, 5.74) is 0. The van der Waals surface area contributed by atoms with Crippen molar-refractivity contribution in [3.63, 3.8) is 0 Å². The third kappa shape index (κ3) is 0.526. The van der Waals surface area contributed by atoms with Gasteiger partial charge >= 0.3 is 0 Å². The van der Waals surface area contributed by atoms with E-state index in [0.29, 0.717) is 17.2 Å². The van der Waals surface area contributed by atoms with E-state index in [2.05, 4.69) is 0 Å². The average Bonchev–Trinajstić information content (AvgIpc) is 2.25. The lowest BCUT2D eigenvalue weighted by atomic mass is 10.0. The highest BCUT2D eigenvalue weighted by molar-refractivity contribution is 6.21. The van der Waals surface area contributed by atoms with Gasteiger partial charge in [-0.25, -0.2) is 0 Å². The first kappa shape index (κ1) is 4.16. The monoisotopic (exact) mass is 131 g/mol. The molecule has 0 aromatic rings.